The van der Waals surface area contributed by atoms with Crippen molar-refractivity contribution >= 4 is 29.3 Å². The van der Waals surface area contributed by atoms with E-state index in [-0.39, 0.29) is 6.42 Å². The van der Waals surface area contributed by atoms with Crippen molar-refractivity contribution < 1.29 is 19.4 Å². The number of ether oxygens (including phenoxy) is 2. The molecule has 4 nitrogen and oxygen atoms in total. The van der Waals surface area contributed by atoms with Gasteiger partial charge in [-0.25, -0.2) is 0 Å². The van der Waals surface area contributed by atoms with Crippen LogP contribution in [-0.2, 0) is 17.6 Å². The Morgan fingerprint density at radius 2 is 1.72 bits per heavy atom. The van der Waals surface area contributed by atoms with Gasteiger partial charge in [0, 0.05) is 11.3 Å². The molecule has 6 heteroatoms. The first-order valence-corrected chi connectivity index (χ1v) is 11.8. The highest BCUT2D eigenvalue weighted by Crippen LogP contribution is 2.43. The lowest BCUT2D eigenvalue weighted by Crippen LogP contribution is -2.38. The van der Waals surface area contributed by atoms with Gasteiger partial charge in [-0.05, 0) is 59.6 Å². The molecule has 1 unspecified atom stereocenters. The first-order valence-electron chi connectivity index (χ1n) is 10.6. The number of para-hydroxylation sites is 2. The average molecular weight is 471 g/mol. The zero-order chi connectivity index (χ0) is 23.0. The Hall–Kier alpha value is -2.63. The number of thioether (sulfide) groups is 1. The minimum absolute atomic E-state index is 0.0784. The summed E-state index contributed by atoms with van der Waals surface area (Å²) in [4.78, 5) is 11.8. The molecule has 0 saturated heterocycles. The topological polar surface area (TPSA) is 55.8 Å². The second-order valence-corrected chi connectivity index (χ2v) is 9.02. The molecule has 0 aliphatic rings. The molecule has 0 radical (unpaired) electrons. The molecule has 1 N–H and O–H groups in total. The van der Waals surface area contributed by atoms with E-state index in [1.54, 1.807) is 12.1 Å². The van der Waals surface area contributed by atoms with Gasteiger partial charge in [0.25, 0.3) is 0 Å². The molecule has 0 fully saturated rings. The van der Waals surface area contributed by atoms with Crippen LogP contribution in [0, 0.1) is 0 Å². The molecule has 1 atom stereocenters. The second-order valence-electron chi connectivity index (χ2n) is 7.35. The van der Waals surface area contributed by atoms with E-state index in [1.165, 1.54) is 11.8 Å². The van der Waals surface area contributed by atoms with Crippen molar-refractivity contribution in [1.82, 2.24) is 0 Å². The van der Waals surface area contributed by atoms with Crippen molar-refractivity contribution in [1.29, 1.82) is 0 Å². The molecule has 0 spiro atoms. The number of carbonyl (C=O) groups is 1. The van der Waals surface area contributed by atoms with Gasteiger partial charge in [0.2, 0.25) is 0 Å². The third-order valence-electron chi connectivity index (χ3n) is 4.82. The van der Waals surface area contributed by atoms with Crippen molar-refractivity contribution in [3.63, 3.8) is 0 Å². The number of rotatable bonds is 11. The quantitative estimate of drug-likeness (QED) is 0.236. The van der Waals surface area contributed by atoms with Gasteiger partial charge >= 0.3 is 11.1 Å². The van der Waals surface area contributed by atoms with Crippen molar-refractivity contribution in [2.24, 2.45) is 0 Å². The first-order chi connectivity index (χ1) is 15.4. The Morgan fingerprint density at radius 1 is 1.00 bits per heavy atom. The fraction of sp³-hybridized carbons (Fsp3) is 0.269. The molecule has 0 aromatic heterocycles. The highest BCUT2D eigenvalue weighted by atomic mass is 35.5. The third kappa shape index (κ3) is 6.44. The number of aryl methyl sites for hydroxylation is 1. The van der Waals surface area contributed by atoms with Crippen molar-refractivity contribution in [2.45, 2.75) is 49.5 Å². The largest absolute Gasteiger partial charge is 0.481 e. The summed E-state index contributed by atoms with van der Waals surface area (Å²) in [6, 6.07) is 22.8. The van der Waals surface area contributed by atoms with Crippen molar-refractivity contribution in [2.75, 3.05) is 0 Å². The van der Waals surface area contributed by atoms with E-state index in [4.69, 9.17) is 26.2 Å². The Morgan fingerprint density at radius 3 is 2.38 bits per heavy atom. The maximum atomic E-state index is 11.0. The van der Waals surface area contributed by atoms with Crippen LogP contribution >= 0.6 is 23.4 Å². The van der Waals surface area contributed by atoms with Gasteiger partial charge < -0.3 is 14.6 Å². The maximum Gasteiger partial charge on any atom is 0.307 e. The Balaban J connectivity index is 1.97. The van der Waals surface area contributed by atoms with E-state index in [1.807, 2.05) is 61.5 Å². The molecule has 0 bridgehead atoms. The summed E-state index contributed by atoms with van der Waals surface area (Å²) in [5.74, 6) is 0.569. The van der Waals surface area contributed by atoms with Crippen LogP contribution in [0.5, 0.6) is 11.5 Å². The molecule has 0 saturated carbocycles. The Labute approximate surface area is 198 Å². The van der Waals surface area contributed by atoms with Crippen molar-refractivity contribution in [3.8, 4) is 11.5 Å². The molecule has 0 heterocycles. The molecule has 168 valence electrons. The molecular formula is C26H27ClO4S. The van der Waals surface area contributed by atoms with E-state index < -0.39 is 11.1 Å². The van der Waals surface area contributed by atoms with Gasteiger partial charge in [-0.15, -0.1) is 0 Å². The van der Waals surface area contributed by atoms with Gasteiger partial charge in [-0.1, -0.05) is 74.3 Å². The van der Waals surface area contributed by atoms with Crippen LogP contribution in [-0.4, -0.2) is 16.2 Å². The van der Waals surface area contributed by atoms with E-state index in [0.717, 1.165) is 29.1 Å². The zero-order valence-corrected chi connectivity index (χ0v) is 19.8. The minimum Gasteiger partial charge on any atom is -0.481 e. The summed E-state index contributed by atoms with van der Waals surface area (Å²) in [5.41, 5.74) is 1.76. The summed E-state index contributed by atoms with van der Waals surface area (Å²) in [7, 11) is 0. The number of aliphatic carboxylic acids is 1. The molecule has 3 aromatic rings. The summed E-state index contributed by atoms with van der Waals surface area (Å²) >= 11 is 7.92. The van der Waals surface area contributed by atoms with Gasteiger partial charge in [0.05, 0.1) is 11.4 Å². The number of hydrogen-bond donors (Lipinski definition) is 1. The van der Waals surface area contributed by atoms with Crippen LogP contribution in [0.25, 0.3) is 0 Å². The number of benzene rings is 3. The molecule has 3 aromatic carbocycles. The minimum atomic E-state index is -1.07. The van der Waals surface area contributed by atoms with Gasteiger partial charge in [-0.3, -0.25) is 4.79 Å². The number of carboxylic acids is 1. The molecule has 0 aliphatic heterocycles. The van der Waals surface area contributed by atoms with Crippen LogP contribution in [0.1, 0.15) is 37.8 Å². The molecular weight excluding hydrogens is 444 g/mol. The van der Waals surface area contributed by atoms with E-state index >= 15 is 0 Å². The summed E-state index contributed by atoms with van der Waals surface area (Å²) < 4.78 is 13.0. The van der Waals surface area contributed by atoms with Crippen LogP contribution in [0.3, 0.4) is 0 Å². The van der Waals surface area contributed by atoms with E-state index in [9.17, 15) is 4.79 Å². The van der Waals surface area contributed by atoms with Crippen LogP contribution < -0.4 is 9.47 Å². The van der Waals surface area contributed by atoms with E-state index in [2.05, 4.69) is 13.0 Å². The van der Waals surface area contributed by atoms with Crippen molar-refractivity contribution in [3.05, 3.63) is 88.9 Å². The number of hydrogen-bond acceptors (Lipinski definition) is 4. The lowest BCUT2D eigenvalue weighted by Gasteiger charge is -2.34. The predicted octanol–water partition coefficient (Wildman–Crippen LogP) is 7.23. The first kappa shape index (κ1) is 24.0. The standard InChI is InChI=1S/C26H27ClO4S/c1-3-10-20-11-8-9-14-23(20)31-26(4-2,30-21-12-6-5-7-13-21)32-24-16-15-19(17-22(24)27)18-25(28)29/h5-9,11-17H,3-4,10,18H2,1-2H3,(H,28,29). The summed E-state index contributed by atoms with van der Waals surface area (Å²) in [6.07, 6.45) is 2.37. The molecule has 0 aliphatic carbocycles. The summed E-state index contributed by atoms with van der Waals surface area (Å²) in [6.45, 7) is 4.14. The highest BCUT2D eigenvalue weighted by molar-refractivity contribution is 8.00. The highest BCUT2D eigenvalue weighted by Gasteiger charge is 2.36. The monoisotopic (exact) mass is 470 g/mol. The lowest BCUT2D eigenvalue weighted by molar-refractivity contribution is -0.136. The molecule has 32 heavy (non-hydrogen) atoms. The van der Waals surface area contributed by atoms with Crippen LogP contribution in [0.15, 0.2) is 77.7 Å². The predicted molar refractivity (Wildman–Crippen MR) is 130 cm³/mol. The number of halogens is 1. The SMILES string of the molecule is CCCc1ccccc1OC(CC)(Oc1ccccc1)Sc1ccc(CC(=O)O)cc1Cl. The smallest absolute Gasteiger partial charge is 0.307 e. The number of carboxylic acid groups (broad SMARTS) is 1. The van der Waals surface area contributed by atoms with Crippen LogP contribution in [0.4, 0.5) is 0 Å². The normalized spacial score (nSPS) is 12.7. The maximum absolute atomic E-state index is 11.0. The zero-order valence-electron chi connectivity index (χ0n) is 18.2. The molecule has 3 rings (SSSR count). The summed E-state index contributed by atoms with van der Waals surface area (Å²) in [5, 5.41) is 8.46. The van der Waals surface area contributed by atoms with Gasteiger partial charge in [-0.2, -0.15) is 0 Å². The lowest BCUT2D eigenvalue weighted by atomic mass is 10.1. The fourth-order valence-corrected chi connectivity index (χ4v) is 4.63. The van der Waals surface area contributed by atoms with Gasteiger partial charge in [0.1, 0.15) is 11.5 Å². The van der Waals surface area contributed by atoms with Crippen LogP contribution in [0.2, 0.25) is 5.02 Å². The van der Waals surface area contributed by atoms with Gasteiger partial charge in [0.15, 0.2) is 0 Å². The Bertz CT molecular complexity index is 1040. The van der Waals surface area contributed by atoms with E-state index in [0.29, 0.717) is 22.8 Å². The third-order valence-corrected chi connectivity index (χ3v) is 6.59. The average Bonchev–Trinajstić information content (AvgIpc) is 2.77. The Kier molecular flexibility index (Phi) is 8.48. The second kappa shape index (κ2) is 11.3. The fourth-order valence-electron chi connectivity index (χ4n) is 3.27. The molecule has 0 amide bonds.